The van der Waals surface area contributed by atoms with Crippen LogP contribution in [0.25, 0.3) is 11.3 Å². The van der Waals surface area contributed by atoms with E-state index in [2.05, 4.69) is 21.2 Å². The average molecular weight is 405 g/mol. The molecule has 1 heterocycles. The predicted molar refractivity (Wildman–Crippen MR) is 101 cm³/mol. The molecule has 1 N–H and O–H groups in total. The van der Waals surface area contributed by atoms with E-state index in [-0.39, 0.29) is 11.7 Å². The average Bonchev–Trinajstić information content (AvgIpc) is 3.00. The molecule has 122 valence electrons. The van der Waals surface area contributed by atoms with Crippen molar-refractivity contribution in [2.45, 2.75) is 13.8 Å². The van der Waals surface area contributed by atoms with Crippen LogP contribution < -0.4 is 5.32 Å². The number of carbonyl (C=O) groups is 1. The molecule has 0 aliphatic heterocycles. The van der Waals surface area contributed by atoms with Crippen LogP contribution in [-0.2, 0) is 0 Å². The Balaban J connectivity index is 1.85. The molecular formula is C19H15BrClNO2. The molecule has 3 rings (SSSR count). The standard InChI is InChI=1S/C19H15BrClNO2/c1-11-8-14(20)9-12(2)18(11)22-19(23)17-7-6-16(24-17)13-4-3-5-15(21)10-13/h3-10H,1-2H3,(H,22,23). The van der Waals surface area contributed by atoms with E-state index >= 15 is 0 Å². The van der Waals surface area contributed by atoms with Gasteiger partial charge in [0, 0.05) is 20.7 Å². The molecule has 0 aliphatic rings. The quantitative estimate of drug-likeness (QED) is 0.562. The second kappa shape index (κ2) is 6.83. The summed E-state index contributed by atoms with van der Waals surface area (Å²) >= 11 is 9.45. The predicted octanol–water partition coefficient (Wildman–Crippen LogP) is 6.23. The number of rotatable bonds is 3. The van der Waals surface area contributed by atoms with E-state index < -0.39 is 0 Å². The largest absolute Gasteiger partial charge is 0.451 e. The van der Waals surface area contributed by atoms with Crippen LogP contribution in [0.3, 0.4) is 0 Å². The molecule has 3 aromatic rings. The Bertz CT molecular complexity index is 894. The van der Waals surface area contributed by atoms with Crippen LogP contribution in [0.5, 0.6) is 0 Å². The van der Waals surface area contributed by atoms with E-state index in [0.29, 0.717) is 10.8 Å². The first-order valence-electron chi connectivity index (χ1n) is 7.38. The summed E-state index contributed by atoms with van der Waals surface area (Å²) in [5, 5.41) is 3.54. The molecular weight excluding hydrogens is 390 g/mol. The van der Waals surface area contributed by atoms with Crippen LogP contribution in [0, 0.1) is 13.8 Å². The maximum Gasteiger partial charge on any atom is 0.291 e. The van der Waals surface area contributed by atoms with Crippen molar-refractivity contribution >= 4 is 39.1 Å². The molecule has 1 amide bonds. The van der Waals surface area contributed by atoms with Gasteiger partial charge in [0.15, 0.2) is 5.76 Å². The molecule has 0 aliphatic carbocycles. The highest BCUT2D eigenvalue weighted by Crippen LogP contribution is 2.28. The van der Waals surface area contributed by atoms with Crippen LogP contribution in [0.15, 0.2) is 57.4 Å². The summed E-state index contributed by atoms with van der Waals surface area (Å²) in [6.07, 6.45) is 0. The Hall–Kier alpha value is -2.04. The lowest BCUT2D eigenvalue weighted by Gasteiger charge is -2.11. The molecule has 0 fully saturated rings. The Morgan fingerprint density at radius 1 is 1.08 bits per heavy atom. The highest BCUT2D eigenvalue weighted by molar-refractivity contribution is 9.10. The third-order valence-electron chi connectivity index (χ3n) is 3.67. The van der Waals surface area contributed by atoms with Crippen molar-refractivity contribution in [3.05, 3.63) is 74.9 Å². The highest BCUT2D eigenvalue weighted by atomic mass is 79.9. The first-order valence-corrected chi connectivity index (χ1v) is 8.55. The van der Waals surface area contributed by atoms with E-state index in [0.717, 1.165) is 26.9 Å². The minimum atomic E-state index is -0.281. The SMILES string of the molecule is Cc1cc(Br)cc(C)c1NC(=O)c1ccc(-c2cccc(Cl)c2)o1. The summed E-state index contributed by atoms with van der Waals surface area (Å²) in [5.74, 6) is 0.579. The van der Waals surface area contributed by atoms with Crippen molar-refractivity contribution in [2.75, 3.05) is 5.32 Å². The highest BCUT2D eigenvalue weighted by Gasteiger charge is 2.15. The molecule has 0 spiro atoms. The summed E-state index contributed by atoms with van der Waals surface area (Å²) in [6, 6.07) is 14.7. The van der Waals surface area contributed by atoms with Gasteiger partial charge < -0.3 is 9.73 Å². The molecule has 5 heteroatoms. The fraction of sp³-hybridized carbons (Fsp3) is 0.105. The number of hydrogen-bond donors (Lipinski definition) is 1. The Kier molecular flexibility index (Phi) is 4.78. The van der Waals surface area contributed by atoms with Crippen molar-refractivity contribution in [3.63, 3.8) is 0 Å². The molecule has 0 saturated heterocycles. The zero-order valence-corrected chi connectivity index (χ0v) is 15.5. The second-order valence-corrected chi connectivity index (χ2v) is 6.90. The minimum Gasteiger partial charge on any atom is -0.451 e. The molecule has 0 saturated carbocycles. The van der Waals surface area contributed by atoms with Crippen LogP contribution in [0.1, 0.15) is 21.7 Å². The van der Waals surface area contributed by atoms with Gasteiger partial charge in [-0.3, -0.25) is 4.79 Å². The van der Waals surface area contributed by atoms with Crippen LogP contribution in [-0.4, -0.2) is 5.91 Å². The van der Waals surface area contributed by atoms with Crippen molar-refractivity contribution in [1.29, 1.82) is 0 Å². The smallest absolute Gasteiger partial charge is 0.291 e. The molecule has 1 aromatic heterocycles. The van der Waals surface area contributed by atoms with E-state index in [1.807, 2.05) is 38.1 Å². The lowest BCUT2D eigenvalue weighted by molar-refractivity contribution is 0.0997. The zero-order chi connectivity index (χ0) is 17.3. The normalized spacial score (nSPS) is 10.7. The summed E-state index contributed by atoms with van der Waals surface area (Å²) in [4.78, 5) is 12.5. The summed E-state index contributed by atoms with van der Waals surface area (Å²) in [6.45, 7) is 3.90. The van der Waals surface area contributed by atoms with Crippen LogP contribution in [0.4, 0.5) is 5.69 Å². The van der Waals surface area contributed by atoms with Gasteiger partial charge in [-0.1, -0.05) is 39.7 Å². The number of benzene rings is 2. The first-order chi connectivity index (χ1) is 11.4. The van der Waals surface area contributed by atoms with Crippen LogP contribution >= 0.6 is 27.5 Å². The number of anilines is 1. The first kappa shape index (κ1) is 16.8. The molecule has 0 unspecified atom stereocenters. The van der Waals surface area contributed by atoms with Gasteiger partial charge in [0.05, 0.1) is 0 Å². The molecule has 0 bridgehead atoms. The fourth-order valence-corrected chi connectivity index (χ4v) is 3.42. The van der Waals surface area contributed by atoms with E-state index in [9.17, 15) is 4.79 Å². The van der Waals surface area contributed by atoms with E-state index in [1.54, 1.807) is 24.3 Å². The lowest BCUT2D eigenvalue weighted by Crippen LogP contribution is -2.13. The van der Waals surface area contributed by atoms with Gasteiger partial charge in [-0.15, -0.1) is 0 Å². The summed E-state index contributed by atoms with van der Waals surface area (Å²) in [7, 11) is 0. The van der Waals surface area contributed by atoms with Crippen molar-refractivity contribution in [1.82, 2.24) is 0 Å². The number of amides is 1. The number of carbonyl (C=O) groups excluding carboxylic acids is 1. The van der Waals surface area contributed by atoms with Gasteiger partial charge in [-0.25, -0.2) is 0 Å². The number of hydrogen-bond acceptors (Lipinski definition) is 2. The van der Waals surface area contributed by atoms with E-state index in [1.165, 1.54) is 0 Å². The van der Waals surface area contributed by atoms with E-state index in [4.69, 9.17) is 16.0 Å². The minimum absolute atomic E-state index is 0.256. The molecule has 0 atom stereocenters. The third kappa shape index (κ3) is 3.55. The lowest BCUT2D eigenvalue weighted by atomic mass is 10.1. The molecule has 2 aromatic carbocycles. The number of nitrogens with one attached hydrogen (secondary N) is 1. The van der Waals surface area contributed by atoms with Gasteiger partial charge in [-0.2, -0.15) is 0 Å². The van der Waals surface area contributed by atoms with Crippen molar-refractivity contribution in [2.24, 2.45) is 0 Å². The third-order valence-corrected chi connectivity index (χ3v) is 4.37. The van der Waals surface area contributed by atoms with Gasteiger partial charge in [0.2, 0.25) is 0 Å². The maximum absolute atomic E-state index is 12.5. The molecule has 3 nitrogen and oxygen atoms in total. The van der Waals surface area contributed by atoms with Crippen LogP contribution in [0.2, 0.25) is 5.02 Å². The second-order valence-electron chi connectivity index (χ2n) is 5.54. The summed E-state index contributed by atoms with van der Waals surface area (Å²) in [5.41, 5.74) is 3.59. The number of furan rings is 1. The Morgan fingerprint density at radius 3 is 2.46 bits per heavy atom. The molecule has 24 heavy (non-hydrogen) atoms. The summed E-state index contributed by atoms with van der Waals surface area (Å²) < 4.78 is 6.67. The van der Waals surface area contributed by atoms with Crippen molar-refractivity contribution < 1.29 is 9.21 Å². The molecule has 0 radical (unpaired) electrons. The van der Waals surface area contributed by atoms with Gasteiger partial charge >= 0.3 is 0 Å². The fourth-order valence-electron chi connectivity index (χ4n) is 2.54. The monoisotopic (exact) mass is 403 g/mol. The Morgan fingerprint density at radius 2 is 1.79 bits per heavy atom. The zero-order valence-electron chi connectivity index (χ0n) is 13.2. The van der Waals surface area contributed by atoms with Gasteiger partial charge in [-0.05, 0) is 61.4 Å². The van der Waals surface area contributed by atoms with Crippen molar-refractivity contribution in [3.8, 4) is 11.3 Å². The Labute approximate surface area is 153 Å². The maximum atomic E-state index is 12.5. The van der Waals surface area contributed by atoms with Gasteiger partial charge in [0.1, 0.15) is 5.76 Å². The number of halogens is 2. The number of aryl methyl sites for hydroxylation is 2. The topological polar surface area (TPSA) is 42.2 Å². The van der Waals surface area contributed by atoms with Gasteiger partial charge in [0.25, 0.3) is 5.91 Å².